The van der Waals surface area contributed by atoms with Crippen LogP contribution in [-0.2, 0) is 0 Å². The molecule has 2 nitrogen and oxygen atoms in total. The minimum Gasteiger partial charge on any atom is -0.506 e. The van der Waals surface area contributed by atoms with Gasteiger partial charge in [0.25, 0.3) is 0 Å². The maximum atomic E-state index is 9.38. The van der Waals surface area contributed by atoms with Gasteiger partial charge in [0, 0.05) is 10.6 Å². The number of hydrogen-bond donors (Lipinski definition) is 1. The molecule has 0 saturated carbocycles. The van der Waals surface area contributed by atoms with Crippen molar-refractivity contribution in [3.63, 3.8) is 0 Å². The highest BCUT2D eigenvalue weighted by Crippen LogP contribution is 2.35. The van der Waals surface area contributed by atoms with Gasteiger partial charge in [-0.3, -0.25) is 0 Å². The molecule has 0 aromatic heterocycles. The van der Waals surface area contributed by atoms with Gasteiger partial charge < -0.3 is 9.84 Å². The predicted octanol–water partition coefficient (Wildman–Crippen LogP) is 4.37. The number of rotatable bonds is 2. The second kappa shape index (κ2) is 4.86. The molecule has 0 bridgehead atoms. The van der Waals surface area contributed by atoms with E-state index in [4.69, 9.17) is 27.9 Å². The van der Waals surface area contributed by atoms with E-state index < -0.39 is 0 Å². The zero-order chi connectivity index (χ0) is 12.4. The molecule has 88 valence electrons. The zero-order valence-corrected chi connectivity index (χ0v) is 10.6. The molecule has 0 radical (unpaired) electrons. The van der Waals surface area contributed by atoms with Crippen LogP contribution in [-0.4, -0.2) is 12.2 Å². The molecule has 1 N–H and O–H groups in total. The van der Waals surface area contributed by atoms with Crippen LogP contribution in [0.1, 0.15) is 0 Å². The Morgan fingerprint density at radius 1 is 1.06 bits per heavy atom. The highest BCUT2D eigenvalue weighted by atomic mass is 35.5. The minimum atomic E-state index is 0.0587. The first-order chi connectivity index (χ1) is 8.11. The Morgan fingerprint density at radius 2 is 1.82 bits per heavy atom. The Bertz CT molecular complexity index is 553. The molecule has 0 unspecified atom stereocenters. The van der Waals surface area contributed by atoms with Gasteiger partial charge in [-0.05, 0) is 35.9 Å². The summed E-state index contributed by atoms with van der Waals surface area (Å²) in [6, 6.07) is 10.4. The lowest BCUT2D eigenvalue weighted by Crippen LogP contribution is -1.88. The summed E-state index contributed by atoms with van der Waals surface area (Å²) in [4.78, 5) is 0. The molecular formula is C13H10Cl2O2. The number of aromatic hydroxyl groups is 1. The summed E-state index contributed by atoms with van der Waals surface area (Å²) in [5.74, 6) is 0.725. The largest absolute Gasteiger partial charge is 0.506 e. The van der Waals surface area contributed by atoms with Gasteiger partial charge in [-0.15, -0.1) is 0 Å². The van der Waals surface area contributed by atoms with Crippen LogP contribution in [0.5, 0.6) is 11.5 Å². The molecule has 0 saturated heterocycles. The number of phenolic OH excluding ortho intramolecular Hbond substituents is 1. The fourth-order valence-electron chi connectivity index (χ4n) is 1.58. The lowest BCUT2D eigenvalue weighted by molar-refractivity contribution is 0.416. The lowest BCUT2D eigenvalue weighted by atomic mass is 10.0. The number of benzene rings is 2. The standard InChI is InChI=1S/C13H10Cl2O2/c1-17-13-7-9(14)3-4-10(13)8-2-5-12(16)11(15)6-8/h2-7,16H,1H3. The molecule has 2 aromatic rings. The van der Waals surface area contributed by atoms with Crippen molar-refractivity contribution in [2.75, 3.05) is 7.11 Å². The Morgan fingerprint density at radius 3 is 2.47 bits per heavy atom. The summed E-state index contributed by atoms with van der Waals surface area (Å²) in [6.45, 7) is 0. The van der Waals surface area contributed by atoms with Crippen LogP contribution in [0.4, 0.5) is 0 Å². The van der Waals surface area contributed by atoms with Crippen molar-refractivity contribution in [2.24, 2.45) is 0 Å². The van der Waals surface area contributed by atoms with Gasteiger partial charge in [0.15, 0.2) is 0 Å². The van der Waals surface area contributed by atoms with Gasteiger partial charge in [-0.25, -0.2) is 0 Å². The van der Waals surface area contributed by atoms with Crippen LogP contribution in [0.2, 0.25) is 10.0 Å². The monoisotopic (exact) mass is 268 g/mol. The molecule has 0 spiro atoms. The molecule has 0 aliphatic carbocycles. The highest BCUT2D eigenvalue weighted by molar-refractivity contribution is 6.32. The van der Waals surface area contributed by atoms with Gasteiger partial charge in [0.2, 0.25) is 0 Å². The first kappa shape index (κ1) is 12.1. The Hall–Kier alpha value is -1.38. The summed E-state index contributed by atoms with van der Waals surface area (Å²) >= 11 is 11.8. The van der Waals surface area contributed by atoms with Crippen molar-refractivity contribution in [1.82, 2.24) is 0 Å². The van der Waals surface area contributed by atoms with E-state index in [-0.39, 0.29) is 5.75 Å². The fraction of sp³-hybridized carbons (Fsp3) is 0.0769. The summed E-state index contributed by atoms with van der Waals surface area (Å²) in [5, 5.41) is 10.3. The van der Waals surface area contributed by atoms with Gasteiger partial charge in [-0.1, -0.05) is 29.3 Å². The van der Waals surface area contributed by atoms with Crippen LogP contribution in [0.15, 0.2) is 36.4 Å². The predicted molar refractivity (Wildman–Crippen MR) is 70.1 cm³/mol. The third kappa shape index (κ3) is 2.48. The summed E-state index contributed by atoms with van der Waals surface area (Å²) in [7, 11) is 1.58. The lowest BCUT2D eigenvalue weighted by Gasteiger charge is -2.09. The third-order valence-corrected chi connectivity index (χ3v) is 2.96. The summed E-state index contributed by atoms with van der Waals surface area (Å²) in [5.41, 5.74) is 1.74. The van der Waals surface area contributed by atoms with Gasteiger partial charge in [0.1, 0.15) is 11.5 Å². The van der Waals surface area contributed by atoms with E-state index in [1.807, 2.05) is 6.07 Å². The van der Waals surface area contributed by atoms with E-state index in [1.165, 1.54) is 0 Å². The molecule has 0 atom stereocenters. The molecule has 0 heterocycles. The van der Waals surface area contributed by atoms with Crippen molar-refractivity contribution in [1.29, 1.82) is 0 Å². The first-order valence-corrected chi connectivity index (χ1v) is 5.70. The maximum Gasteiger partial charge on any atom is 0.134 e. The maximum absolute atomic E-state index is 9.38. The Balaban J connectivity index is 2.55. The van der Waals surface area contributed by atoms with E-state index >= 15 is 0 Å². The minimum absolute atomic E-state index is 0.0587. The fourth-order valence-corrected chi connectivity index (χ4v) is 1.92. The van der Waals surface area contributed by atoms with E-state index in [0.29, 0.717) is 15.8 Å². The smallest absolute Gasteiger partial charge is 0.134 e. The molecule has 2 rings (SSSR count). The van der Waals surface area contributed by atoms with Crippen LogP contribution < -0.4 is 4.74 Å². The number of halogens is 2. The number of methoxy groups -OCH3 is 1. The van der Waals surface area contributed by atoms with Crippen molar-refractivity contribution in [3.05, 3.63) is 46.4 Å². The number of hydrogen-bond acceptors (Lipinski definition) is 2. The van der Waals surface area contributed by atoms with Gasteiger partial charge in [-0.2, -0.15) is 0 Å². The van der Waals surface area contributed by atoms with Crippen LogP contribution in [0, 0.1) is 0 Å². The number of ether oxygens (including phenoxy) is 1. The third-order valence-electron chi connectivity index (χ3n) is 2.42. The summed E-state index contributed by atoms with van der Waals surface area (Å²) in [6.07, 6.45) is 0. The van der Waals surface area contributed by atoms with E-state index in [1.54, 1.807) is 37.4 Å². The molecule has 0 fully saturated rings. The normalized spacial score (nSPS) is 10.3. The molecule has 0 aliphatic heterocycles. The molecule has 0 aliphatic rings. The topological polar surface area (TPSA) is 29.5 Å². The van der Waals surface area contributed by atoms with E-state index in [2.05, 4.69) is 0 Å². The SMILES string of the molecule is COc1cc(Cl)ccc1-c1ccc(O)c(Cl)c1. The molecule has 0 amide bonds. The van der Waals surface area contributed by atoms with Crippen molar-refractivity contribution >= 4 is 23.2 Å². The quantitative estimate of drug-likeness (QED) is 0.876. The van der Waals surface area contributed by atoms with Crippen LogP contribution in [0.3, 0.4) is 0 Å². The van der Waals surface area contributed by atoms with Crippen molar-refractivity contribution < 1.29 is 9.84 Å². The average molecular weight is 269 g/mol. The molecular weight excluding hydrogens is 259 g/mol. The van der Waals surface area contributed by atoms with Crippen molar-refractivity contribution in [3.8, 4) is 22.6 Å². The summed E-state index contributed by atoms with van der Waals surface area (Å²) < 4.78 is 5.26. The Labute approximate surface area is 109 Å². The van der Waals surface area contributed by atoms with Gasteiger partial charge >= 0.3 is 0 Å². The second-order valence-corrected chi connectivity index (χ2v) is 4.35. The van der Waals surface area contributed by atoms with Crippen molar-refractivity contribution in [2.45, 2.75) is 0 Å². The van der Waals surface area contributed by atoms with Crippen LogP contribution >= 0.6 is 23.2 Å². The highest BCUT2D eigenvalue weighted by Gasteiger charge is 2.08. The van der Waals surface area contributed by atoms with Crippen LogP contribution in [0.25, 0.3) is 11.1 Å². The molecule has 17 heavy (non-hydrogen) atoms. The Kier molecular flexibility index (Phi) is 3.46. The average Bonchev–Trinajstić information content (AvgIpc) is 2.32. The molecule has 4 heteroatoms. The van der Waals surface area contributed by atoms with E-state index in [9.17, 15) is 5.11 Å². The second-order valence-electron chi connectivity index (χ2n) is 3.51. The first-order valence-electron chi connectivity index (χ1n) is 4.94. The zero-order valence-electron chi connectivity index (χ0n) is 9.08. The number of phenols is 1. The van der Waals surface area contributed by atoms with E-state index in [0.717, 1.165) is 11.1 Å². The molecule has 2 aromatic carbocycles. The van der Waals surface area contributed by atoms with Gasteiger partial charge in [0.05, 0.1) is 12.1 Å².